The summed E-state index contributed by atoms with van der Waals surface area (Å²) in [4.78, 5) is 4.41. The highest BCUT2D eigenvalue weighted by molar-refractivity contribution is 5.77. The SMILES string of the molecule is CCc1nn(C)c2c1nc(N)n2Cc1cccnn1. The second-order valence-electron chi connectivity index (χ2n) is 4.37. The molecule has 3 heterocycles. The van der Waals surface area contributed by atoms with E-state index in [4.69, 9.17) is 5.73 Å². The third-order valence-corrected chi connectivity index (χ3v) is 3.10. The van der Waals surface area contributed by atoms with Crippen LogP contribution in [-0.2, 0) is 20.0 Å². The van der Waals surface area contributed by atoms with Gasteiger partial charge in [0.1, 0.15) is 5.52 Å². The van der Waals surface area contributed by atoms with Gasteiger partial charge < -0.3 is 5.73 Å². The minimum Gasteiger partial charge on any atom is -0.369 e. The molecule has 0 unspecified atom stereocenters. The highest BCUT2D eigenvalue weighted by atomic mass is 15.3. The van der Waals surface area contributed by atoms with Crippen LogP contribution < -0.4 is 5.73 Å². The number of rotatable bonds is 3. The smallest absolute Gasteiger partial charge is 0.202 e. The zero-order valence-electron chi connectivity index (χ0n) is 10.9. The Morgan fingerprint density at radius 1 is 1.37 bits per heavy atom. The molecule has 0 spiro atoms. The maximum Gasteiger partial charge on any atom is 0.202 e. The van der Waals surface area contributed by atoms with Gasteiger partial charge in [0, 0.05) is 13.2 Å². The minimum absolute atomic E-state index is 0.475. The van der Waals surface area contributed by atoms with Crippen LogP contribution in [0.15, 0.2) is 18.3 Å². The zero-order valence-corrected chi connectivity index (χ0v) is 10.9. The molecule has 19 heavy (non-hydrogen) atoms. The van der Waals surface area contributed by atoms with Gasteiger partial charge in [0.2, 0.25) is 5.95 Å². The summed E-state index contributed by atoms with van der Waals surface area (Å²) >= 11 is 0. The monoisotopic (exact) mass is 257 g/mol. The molecule has 0 amide bonds. The summed E-state index contributed by atoms with van der Waals surface area (Å²) in [5.74, 6) is 0.475. The molecule has 0 aromatic carbocycles. The van der Waals surface area contributed by atoms with E-state index in [9.17, 15) is 0 Å². The number of nitrogens with zero attached hydrogens (tertiary/aromatic N) is 6. The van der Waals surface area contributed by atoms with Crippen molar-refractivity contribution in [1.82, 2.24) is 29.5 Å². The molecule has 3 aromatic heterocycles. The van der Waals surface area contributed by atoms with Crippen LogP contribution in [0.2, 0.25) is 0 Å². The lowest BCUT2D eigenvalue weighted by atomic mass is 10.3. The molecule has 3 aromatic rings. The summed E-state index contributed by atoms with van der Waals surface area (Å²) in [5, 5.41) is 12.4. The van der Waals surface area contributed by atoms with Gasteiger partial charge in [-0.2, -0.15) is 15.3 Å². The summed E-state index contributed by atoms with van der Waals surface area (Å²) in [5.41, 5.74) is 9.59. The predicted molar refractivity (Wildman–Crippen MR) is 71.4 cm³/mol. The molecule has 0 aliphatic heterocycles. The molecule has 0 radical (unpaired) electrons. The Labute approximate surface area is 110 Å². The number of hydrogen-bond acceptors (Lipinski definition) is 5. The van der Waals surface area contributed by atoms with Crippen LogP contribution in [-0.4, -0.2) is 29.5 Å². The molecule has 7 nitrogen and oxygen atoms in total. The summed E-state index contributed by atoms with van der Waals surface area (Å²) in [7, 11) is 1.90. The van der Waals surface area contributed by atoms with E-state index in [2.05, 4.69) is 27.2 Å². The van der Waals surface area contributed by atoms with Crippen molar-refractivity contribution < 1.29 is 0 Å². The first kappa shape index (κ1) is 11.6. The molecular weight excluding hydrogens is 242 g/mol. The van der Waals surface area contributed by atoms with E-state index in [-0.39, 0.29) is 0 Å². The normalized spacial score (nSPS) is 11.3. The average molecular weight is 257 g/mol. The second kappa shape index (κ2) is 4.34. The van der Waals surface area contributed by atoms with Gasteiger partial charge in [-0.15, -0.1) is 0 Å². The average Bonchev–Trinajstić information content (AvgIpc) is 2.90. The number of aryl methyl sites for hydroxylation is 2. The fourth-order valence-corrected chi connectivity index (χ4v) is 2.23. The molecule has 0 aliphatic carbocycles. The predicted octanol–water partition coefficient (Wildman–Crippen LogP) is 0.753. The van der Waals surface area contributed by atoms with Crippen LogP contribution in [0.5, 0.6) is 0 Å². The molecule has 0 bridgehead atoms. The molecule has 0 aliphatic rings. The Balaban J connectivity index is 2.13. The number of nitrogens with two attached hydrogens (primary N) is 1. The zero-order chi connectivity index (χ0) is 13.4. The van der Waals surface area contributed by atoms with E-state index in [0.29, 0.717) is 12.5 Å². The molecule has 0 saturated heterocycles. The van der Waals surface area contributed by atoms with Crippen LogP contribution >= 0.6 is 0 Å². The Bertz CT molecular complexity index is 711. The number of aromatic nitrogens is 6. The van der Waals surface area contributed by atoms with Crippen LogP contribution in [0.1, 0.15) is 18.3 Å². The van der Waals surface area contributed by atoms with Gasteiger partial charge in [0.15, 0.2) is 5.65 Å². The van der Waals surface area contributed by atoms with Gasteiger partial charge in [-0.25, -0.2) is 4.98 Å². The van der Waals surface area contributed by atoms with E-state index in [1.54, 1.807) is 6.20 Å². The number of anilines is 1. The molecular formula is C12H15N7. The highest BCUT2D eigenvalue weighted by Crippen LogP contribution is 2.21. The van der Waals surface area contributed by atoms with E-state index < -0.39 is 0 Å². The molecule has 0 atom stereocenters. The molecule has 2 N–H and O–H groups in total. The van der Waals surface area contributed by atoms with E-state index >= 15 is 0 Å². The van der Waals surface area contributed by atoms with Gasteiger partial charge >= 0.3 is 0 Å². The Morgan fingerprint density at radius 2 is 2.21 bits per heavy atom. The summed E-state index contributed by atoms with van der Waals surface area (Å²) < 4.78 is 3.72. The fourth-order valence-electron chi connectivity index (χ4n) is 2.23. The fraction of sp³-hybridized carbons (Fsp3) is 0.333. The second-order valence-corrected chi connectivity index (χ2v) is 4.37. The lowest BCUT2D eigenvalue weighted by Crippen LogP contribution is -2.09. The van der Waals surface area contributed by atoms with Gasteiger partial charge in [0.25, 0.3) is 0 Å². The number of hydrogen-bond donors (Lipinski definition) is 1. The third kappa shape index (κ3) is 1.83. The van der Waals surface area contributed by atoms with Crippen molar-refractivity contribution in [2.75, 3.05) is 5.73 Å². The first-order valence-electron chi connectivity index (χ1n) is 6.15. The maximum atomic E-state index is 6.00. The highest BCUT2D eigenvalue weighted by Gasteiger charge is 2.17. The first-order valence-corrected chi connectivity index (χ1v) is 6.15. The van der Waals surface area contributed by atoms with Gasteiger partial charge in [-0.05, 0) is 18.6 Å². The summed E-state index contributed by atoms with van der Waals surface area (Å²) in [6, 6.07) is 3.77. The molecule has 3 rings (SSSR count). The molecule has 0 fully saturated rings. The summed E-state index contributed by atoms with van der Waals surface area (Å²) in [6.07, 6.45) is 2.48. The van der Waals surface area contributed by atoms with Crippen molar-refractivity contribution in [3.63, 3.8) is 0 Å². The van der Waals surface area contributed by atoms with Crippen molar-refractivity contribution in [2.24, 2.45) is 7.05 Å². The minimum atomic E-state index is 0.475. The van der Waals surface area contributed by atoms with Crippen molar-refractivity contribution in [3.05, 3.63) is 29.7 Å². The van der Waals surface area contributed by atoms with Crippen molar-refractivity contribution in [2.45, 2.75) is 19.9 Å². The number of fused-ring (bicyclic) bond motifs is 1. The number of nitrogen functional groups attached to an aromatic ring is 1. The third-order valence-electron chi connectivity index (χ3n) is 3.10. The number of imidazole rings is 1. The first-order chi connectivity index (χ1) is 9.20. The van der Waals surface area contributed by atoms with Crippen molar-refractivity contribution in [3.8, 4) is 0 Å². The van der Waals surface area contributed by atoms with E-state index in [1.165, 1.54) is 0 Å². The van der Waals surface area contributed by atoms with Gasteiger partial charge in [-0.1, -0.05) is 6.92 Å². The Kier molecular flexibility index (Phi) is 2.66. The Hall–Kier alpha value is -2.44. The van der Waals surface area contributed by atoms with Gasteiger partial charge in [-0.3, -0.25) is 9.25 Å². The topological polar surface area (TPSA) is 87.4 Å². The Morgan fingerprint density at radius 3 is 2.89 bits per heavy atom. The van der Waals surface area contributed by atoms with Crippen molar-refractivity contribution >= 4 is 17.1 Å². The van der Waals surface area contributed by atoms with E-state index in [0.717, 1.165) is 29.0 Å². The molecule has 0 saturated carbocycles. The molecule has 98 valence electrons. The van der Waals surface area contributed by atoms with E-state index in [1.807, 2.05) is 28.4 Å². The largest absolute Gasteiger partial charge is 0.369 e. The molecule has 7 heteroatoms. The quantitative estimate of drug-likeness (QED) is 0.748. The van der Waals surface area contributed by atoms with Crippen LogP contribution in [0.3, 0.4) is 0 Å². The van der Waals surface area contributed by atoms with Crippen LogP contribution in [0, 0.1) is 0 Å². The standard InChI is InChI=1S/C12H15N7/c1-3-9-10-11(18(2)17-9)19(12(13)15-10)7-8-5-4-6-14-16-8/h4-6H,3,7H2,1-2H3,(H2,13,15). The maximum absolute atomic E-state index is 6.00. The van der Waals surface area contributed by atoms with Crippen LogP contribution in [0.25, 0.3) is 11.2 Å². The lowest BCUT2D eigenvalue weighted by Gasteiger charge is -2.05. The van der Waals surface area contributed by atoms with Crippen molar-refractivity contribution in [1.29, 1.82) is 0 Å². The summed E-state index contributed by atoms with van der Waals surface area (Å²) in [6.45, 7) is 2.60. The van der Waals surface area contributed by atoms with Gasteiger partial charge in [0.05, 0.1) is 17.9 Å². The van der Waals surface area contributed by atoms with Crippen LogP contribution in [0.4, 0.5) is 5.95 Å². The lowest BCUT2D eigenvalue weighted by molar-refractivity contribution is 0.707.